The van der Waals surface area contributed by atoms with E-state index in [4.69, 9.17) is 5.10 Å². The number of anilines is 1. The topological polar surface area (TPSA) is 74.1 Å². The molecule has 2 heterocycles. The predicted molar refractivity (Wildman–Crippen MR) is 146 cm³/mol. The van der Waals surface area contributed by atoms with Crippen molar-refractivity contribution in [3.05, 3.63) is 101 Å². The summed E-state index contributed by atoms with van der Waals surface area (Å²) in [5, 5.41) is 9.63. The number of hydrogen-bond acceptors (Lipinski definition) is 5. The van der Waals surface area contributed by atoms with Crippen LogP contribution in [0.2, 0.25) is 0 Å². The zero-order valence-corrected chi connectivity index (χ0v) is 21.4. The van der Waals surface area contributed by atoms with E-state index in [1.54, 1.807) is 0 Å². The molecular weight excluding hydrogens is 468 g/mol. The number of thioether (sulfide) groups is 1. The normalized spacial score (nSPS) is 19.3. The van der Waals surface area contributed by atoms with Crippen molar-refractivity contribution in [2.45, 2.75) is 44.9 Å². The summed E-state index contributed by atoms with van der Waals surface area (Å²) < 4.78 is 0. The van der Waals surface area contributed by atoms with Crippen molar-refractivity contribution >= 4 is 40.1 Å². The molecule has 3 aromatic rings. The van der Waals surface area contributed by atoms with E-state index in [1.807, 2.05) is 36.2 Å². The molecule has 0 saturated heterocycles. The van der Waals surface area contributed by atoms with Crippen LogP contribution >= 0.6 is 11.8 Å². The van der Waals surface area contributed by atoms with Crippen LogP contribution in [0.4, 0.5) is 5.69 Å². The lowest BCUT2D eigenvalue weighted by molar-refractivity contribution is -0.121. The molecule has 2 amide bonds. The lowest BCUT2D eigenvalue weighted by atomic mass is 9.97. The number of carbonyl (C=O) groups excluding carboxylic acids is 2. The van der Waals surface area contributed by atoms with Crippen molar-refractivity contribution in [3.63, 3.8) is 0 Å². The molecule has 36 heavy (non-hydrogen) atoms. The molecule has 0 spiro atoms. The number of hydrogen-bond donors (Lipinski definition) is 1. The number of nitrogens with one attached hydrogen (secondary N) is 1. The highest BCUT2D eigenvalue weighted by Crippen LogP contribution is 2.38. The van der Waals surface area contributed by atoms with Crippen molar-refractivity contribution in [1.82, 2.24) is 5.01 Å². The van der Waals surface area contributed by atoms with Gasteiger partial charge in [-0.15, -0.1) is 0 Å². The van der Waals surface area contributed by atoms with E-state index in [0.717, 1.165) is 22.4 Å². The first-order valence-electron chi connectivity index (χ1n) is 12.0. The summed E-state index contributed by atoms with van der Waals surface area (Å²) >= 11 is 1.32. The Hall–Kier alpha value is -3.71. The molecule has 0 radical (unpaired) electrons. The van der Waals surface area contributed by atoms with Crippen LogP contribution in [0.25, 0.3) is 0 Å². The Bertz CT molecular complexity index is 1350. The van der Waals surface area contributed by atoms with Gasteiger partial charge in [0.25, 0.3) is 5.91 Å². The van der Waals surface area contributed by atoms with Crippen molar-refractivity contribution in [3.8, 4) is 0 Å². The Kier molecular flexibility index (Phi) is 6.74. The van der Waals surface area contributed by atoms with E-state index in [0.29, 0.717) is 17.3 Å². The molecule has 0 aliphatic carbocycles. The number of benzene rings is 3. The van der Waals surface area contributed by atoms with Crippen LogP contribution in [0.1, 0.15) is 46.7 Å². The van der Waals surface area contributed by atoms with Crippen molar-refractivity contribution < 1.29 is 9.59 Å². The molecule has 0 bridgehead atoms. The summed E-state index contributed by atoms with van der Waals surface area (Å²) in [4.78, 5) is 29.8. The largest absolute Gasteiger partial charge is 0.326 e. The Morgan fingerprint density at radius 3 is 2.14 bits per heavy atom. The average Bonchev–Trinajstić information content (AvgIpc) is 3.45. The molecule has 1 N–H and O–H groups in total. The van der Waals surface area contributed by atoms with E-state index in [1.165, 1.54) is 22.9 Å². The predicted octanol–water partition coefficient (Wildman–Crippen LogP) is 5.79. The fourth-order valence-corrected chi connectivity index (χ4v) is 5.34. The Balaban J connectivity index is 1.35. The molecule has 0 saturated carbocycles. The third-order valence-corrected chi connectivity index (χ3v) is 7.53. The van der Waals surface area contributed by atoms with Crippen LogP contribution in [-0.2, 0) is 9.59 Å². The van der Waals surface area contributed by atoms with E-state index >= 15 is 0 Å². The highest BCUT2D eigenvalue weighted by atomic mass is 32.2. The van der Waals surface area contributed by atoms with Crippen LogP contribution in [0, 0.1) is 20.8 Å². The van der Waals surface area contributed by atoms with Gasteiger partial charge >= 0.3 is 0 Å². The lowest BCUT2D eigenvalue weighted by Crippen LogP contribution is -2.25. The zero-order valence-electron chi connectivity index (χ0n) is 20.6. The van der Waals surface area contributed by atoms with E-state index in [-0.39, 0.29) is 24.3 Å². The minimum Gasteiger partial charge on any atom is -0.326 e. The first-order valence-corrected chi connectivity index (χ1v) is 12.9. The second-order valence-corrected chi connectivity index (χ2v) is 10.5. The van der Waals surface area contributed by atoms with Crippen molar-refractivity contribution in [1.29, 1.82) is 0 Å². The summed E-state index contributed by atoms with van der Waals surface area (Å²) in [5.74, 6) is -0.503. The molecular formula is C29H28N4O2S. The van der Waals surface area contributed by atoms with Gasteiger partial charge in [-0.25, -0.2) is 5.01 Å². The number of amidine groups is 1. The van der Waals surface area contributed by atoms with Gasteiger partial charge in [0.1, 0.15) is 5.25 Å². The van der Waals surface area contributed by atoms with Crippen LogP contribution in [0.15, 0.2) is 82.9 Å². The quantitative estimate of drug-likeness (QED) is 0.485. The molecule has 182 valence electrons. The van der Waals surface area contributed by atoms with Crippen LogP contribution in [0.3, 0.4) is 0 Å². The van der Waals surface area contributed by atoms with Gasteiger partial charge in [-0.1, -0.05) is 89.1 Å². The van der Waals surface area contributed by atoms with Gasteiger partial charge in [-0.3, -0.25) is 9.59 Å². The molecule has 2 aliphatic rings. The highest BCUT2D eigenvalue weighted by molar-refractivity contribution is 8.15. The van der Waals surface area contributed by atoms with Gasteiger partial charge in [-0.2, -0.15) is 10.1 Å². The number of hydrazone groups is 1. The molecule has 0 fully saturated rings. The maximum Gasteiger partial charge on any atom is 0.262 e. The maximum atomic E-state index is 12.8. The number of aryl methyl sites for hydroxylation is 3. The second-order valence-electron chi connectivity index (χ2n) is 9.35. The molecule has 0 unspecified atom stereocenters. The number of aliphatic imine (C=N–C) groups is 1. The lowest BCUT2D eigenvalue weighted by Gasteiger charge is -2.23. The van der Waals surface area contributed by atoms with Gasteiger partial charge in [0.15, 0.2) is 5.17 Å². The van der Waals surface area contributed by atoms with Crippen molar-refractivity contribution in [2.75, 3.05) is 5.32 Å². The summed E-state index contributed by atoms with van der Waals surface area (Å²) in [6.45, 7) is 6.12. The van der Waals surface area contributed by atoms with Crippen LogP contribution in [-0.4, -0.2) is 33.0 Å². The van der Waals surface area contributed by atoms with Gasteiger partial charge in [-0.05, 0) is 44.0 Å². The fourth-order valence-electron chi connectivity index (χ4n) is 4.28. The molecule has 0 aromatic heterocycles. The number of amides is 2. The summed E-state index contributed by atoms with van der Waals surface area (Å²) in [5.41, 5.74) is 7.34. The highest BCUT2D eigenvalue weighted by Gasteiger charge is 2.39. The number of rotatable bonds is 5. The zero-order chi connectivity index (χ0) is 25.2. The fraction of sp³-hybridized carbons (Fsp3) is 0.241. The van der Waals surface area contributed by atoms with Gasteiger partial charge < -0.3 is 5.32 Å². The summed E-state index contributed by atoms with van der Waals surface area (Å²) in [6.07, 6.45) is 0.764. The molecule has 2 atom stereocenters. The first-order chi connectivity index (χ1) is 17.4. The van der Waals surface area contributed by atoms with Crippen LogP contribution < -0.4 is 5.32 Å². The SMILES string of the molecule is Cc1ccc(NC(=O)C[C@@H]2SC(N3N=C(c4ccc(C)cc4)C[C@H]3c3ccc(C)cc3)=NC2=O)cc1. The van der Waals surface area contributed by atoms with E-state index < -0.39 is 5.25 Å². The molecule has 5 rings (SSSR count). The van der Waals surface area contributed by atoms with Gasteiger partial charge in [0, 0.05) is 18.5 Å². The maximum absolute atomic E-state index is 12.8. The third-order valence-electron chi connectivity index (χ3n) is 6.39. The Morgan fingerprint density at radius 2 is 1.50 bits per heavy atom. The average molecular weight is 497 g/mol. The van der Waals surface area contributed by atoms with Gasteiger partial charge in [0.05, 0.1) is 11.8 Å². The third kappa shape index (κ3) is 5.26. The minimum atomic E-state index is -0.567. The smallest absolute Gasteiger partial charge is 0.262 e. The molecule has 6 nitrogen and oxygen atoms in total. The molecule has 7 heteroatoms. The van der Waals surface area contributed by atoms with Crippen LogP contribution in [0.5, 0.6) is 0 Å². The van der Waals surface area contributed by atoms with E-state index in [2.05, 4.69) is 72.7 Å². The molecule has 3 aromatic carbocycles. The number of carbonyl (C=O) groups is 2. The summed E-state index contributed by atoms with van der Waals surface area (Å²) in [7, 11) is 0. The first kappa shape index (κ1) is 24.0. The summed E-state index contributed by atoms with van der Waals surface area (Å²) in [6, 6.07) is 24.2. The van der Waals surface area contributed by atoms with Gasteiger partial charge in [0.2, 0.25) is 5.91 Å². The number of nitrogens with zero attached hydrogens (tertiary/aromatic N) is 3. The van der Waals surface area contributed by atoms with E-state index in [9.17, 15) is 9.59 Å². The molecule has 2 aliphatic heterocycles. The minimum absolute atomic E-state index is 0.0575. The van der Waals surface area contributed by atoms with Crippen molar-refractivity contribution in [2.24, 2.45) is 10.1 Å². The standard InChI is InChI=1S/C29H28N4O2S/c1-18-4-10-21(11-5-18)24-16-25(22-12-6-19(2)7-13-22)33(32-24)29-31-28(35)26(36-29)17-27(34)30-23-14-8-20(3)9-15-23/h4-15,25-26H,16-17H2,1-3H3,(H,30,34)/t25-,26-/m0/s1. The Labute approximate surface area is 215 Å². The Morgan fingerprint density at radius 1 is 0.917 bits per heavy atom. The second kappa shape index (κ2) is 10.1. The monoisotopic (exact) mass is 496 g/mol.